The molecular formula is C25H31IN4O5S2. The first-order chi connectivity index (χ1) is 18.0. The first kappa shape index (κ1) is 28.5. The van der Waals surface area contributed by atoms with E-state index in [1.807, 2.05) is 19.1 Å². The number of nitrogens with zero attached hydrogens (tertiary/aromatic N) is 4. The number of aliphatic imine (C=N–C) groups is 1. The van der Waals surface area contributed by atoms with Crippen molar-refractivity contribution in [2.24, 2.45) is 4.99 Å². The minimum absolute atomic E-state index is 0.102. The van der Waals surface area contributed by atoms with Crippen molar-refractivity contribution in [3.8, 4) is 10.8 Å². The van der Waals surface area contributed by atoms with Crippen molar-refractivity contribution in [1.82, 2.24) is 14.8 Å². The summed E-state index contributed by atoms with van der Waals surface area (Å²) >= 11 is 4.50. The lowest BCUT2D eigenvalue weighted by Crippen LogP contribution is -2.11. The molecule has 12 heteroatoms. The summed E-state index contributed by atoms with van der Waals surface area (Å²) in [5.74, 6) is 2.55. The Morgan fingerprint density at radius 3 is 2.46 bits per heavy atom. The summed E-state index contributed by atoms with van der Waals surface area (Å²) in [6.45, 7) is 11.6. The molecule has 4 rings (SSSR count). The molecule has 0 bridgehead atoms. The van der Waals surface area contributed by atoms with Crippen molar-refractivity contribution in [3.63, 3.8) is 0 Å². The number of ether oxygens (including phenoxy) is 3. The number of halogens is 1. The summed E-state index contributed by atoms with van der Waals surface area (Å²) in [6, 6.07) is 8.01. The van der Waals surface area contributed by atoms with Crippen molar-refractivity contribution < 1.29 is 20.9 Å². The fourth-order valence-electron chi connectivity index (χ4n) is 4.00. The van der Waals surface area contributed by atoms with Crippen LogP contribution in [0.25, 0.3) is 5.00 Å². The molecule has 1 unspecified atom stereocenters. The number of fused-ring (bicyclic) bond motifs is 3. The Bertz CT molecular complexity index is 1200. The monoisotopic (exact) mass is 658 g/mol. The van der Waals surface area contributed by atoms with Crippen LogP contribution >= 0.6 is 46.7 Å². The quantitative estimate of drug-likeness (QED) is 0.120. The second-order valence-corrected chi connectivity index (χ2v) is 11.2. The Labute approximate surface area is 240 Å². The van der Waals surface area contributed by atoms with Gasteiger partial charge in [-0.2, -0.15) is 0 Å². The van der Waals surface area contributed by atoms with E-state index in [1.54, 1.807) is 34.3 Å². The highest BCUT2D eigenvalue weighted by molar-refractivity contribution is 14.1. The predicted octanol–water partition coefficient (Wildman–Crippen LogP) is 5.91. The van der Waals surface area contributed by atoms with Crippen LogP contribution < -0.4 is 4.74 Å². The zero-order valence-electron chi connectivity index (χ0n) is 21.4. The molecule has 0 saturated heterocycles. The third-order valence-corrected chi connectivity index (χ3v) is 7.89. The van der Waals surface area contributed by atoms with Crippen LogP contribution in [0.15, 0.2) is 29.3 Å². The predicted molar refractivity (Wildman–Crippen MR) is 154 cm³/mol. The van der Waals surface area contributed by atoms with Crippen LogP contribution in [0, 0.1) is 20.8 Å². The third kappa shape index (κ3) is 7.11. The lowest BCUT2D eigenvalue weighted by Gasteiger charge is -2.11. The molecule has 200 valence electrons. The lowest BCUT2D eigenvalue weighted by atomic mass is 9.99. The zero-order chi connectivity index (χ0) is 26.2. The number of hydrogen-bond acceptors (Lipinski definition) is 10. The highest BCUT2D eigenvalue weighted by Gasteiger charge is 2.29. The highest BCUT2D eigenvalue weighted by Crippen LogP contribution is 2.38. The molecule has 0 aliphatic carbocycles. The molecule has 0 spiro atoms. The Hall–Kier alpha value is -1.55. The number of rotatable bonds is 14. The number of benzene rings is 1. The van der Waals surface area contributed by atoms with Gasteiger partial charge in [-0.3, -0.25) is 13.7 Å². The summed E-state index contributed by atoms with van der Waals surface area (Å²) in [5, 5.41) is 9.87. The van der Waals surface area contributed by atoms with E-state index in [-0.39, 0.29) is 6.04 Å². The summed E-state index contributed by atoms with van der Waals surface area (Å²) < 4.78 is 29.0. The van der Waals surface area contributed by atoms with E-state index in [1.165, 1.54) is 10.4 Å². The van der Waals surface area contributed by atoms with Gasteiger partial charge in [-0.25, -0.2) is 2.51 Å². The van der Waals surface area contributed by atoms with E-state index in [2.05, 4.69) is 47.7 Å². The van der Waals surface area contributed by atoms with Gasteiger partial charge in [0.15, 0.2) is 18.1 Å². The average molecular weight is 659 g/mol. The summed E-state index contributed by atoms with van der Waals surface area (Å²) in [4.78, 5) is 6.37. The highest BCUT2D eigenvalue weighted by atomic mass is 127. The maximum Gasteiger partial charge on any atom is 0.169 e. The van der Waals surface area contributed by atoms with Gasteiger partial charge in [0.1, 0.15) is 52.2 Å². The lowest BCUT2D eigenvalue weighted by molar-refractivity contribution is 0.0335. The summed E-state index contributed by atoms with van der Waals surface area (Å²) in [5.41, 5.74) is 4.43. The molecular weight excluding hydrogens is 627 g/mol. The van der Waals surface area contributed by atoms with Crippen molar-refractivity contribution in [2.45, 2.75) is 40.2 Å². The smallest absolute Gasteiger partial charge is 0.169 e. The van der Waals surface area contributed by atoms with Crippen molar-refractivity contribution >= 4 is 52.4 Å². The maximum atomic E-state index is 5.87. The maximum absolute atomic E-state index is 5.87. The van der Waals surface area contributed by atoms with Crippen molar-refractivity contribution in [1.29, 1.82) is 0 Å². The molecule has 0 amide bonds. The minimum atomic E-state index is -0.102. The number of thiophene rings is 1. The Morgan fingerprint density at radius 2 is 1.70 bits per heavy atom. The fraction of sp³-hybridized carbons (Fsp3) is 0.480. The van der Waals surface area contributed by atoms with Gasteiger partial charge in [-0.15, -0.1) is 21.5 Å². The second kappa shape index (κ2) is 14.0. The van der Waals surface area contributed by atoms with Crippen LogP contribution in [0.3, 0.4) is 0 Å². The van der Waals surface area contributed by atoms with E-state index < -0.39 is 0 Å². The topological polar surface area (TPSA) is 89.2 Å². The van der Waals surface area contributed by atoms with E-state index in [9.17, 15) is 0 Å². The number of aryl methyl sites for hydroxylation is 2. The van der Waals surface area contributed by atoms with Gasteiger partial charge in [0.25, 0.3) is 0 Å². The van der Waals surface area contributed by atoms with Gasteiger partial charge in [0.05, 0.1) is 32.1 Å². The van der Waals surface area contributed by atoms with Crippen LogP contribution in [0.4, 0.5) is 0 Å². The van der Waals surface area contributed by atoms with Crippen LogP contribution in [0.5, 0.6) is 5.75 Å². The van der Waals surface area contributed by atoms with Gasteiger partial charge in [-0.1, -0.05) is 0 Å². The SMILES string of the molecule is Cc1sc2c(c1C)C(c1ccc(OCCOCCOCCCOSOI)cc1)=NC(C)c1nnc(C)n1-2. The van der Waals surface area contributed by atoms with Crippen LogP contribution in [-0.2, 0) is 16.2 Å². The largest absolute Gasteiger partial charge is 0.491 e. The normalized spacial score (nSPS) is 14.7. The van der Waals surface area contributed by atoms with Crippen LogP contribution in [0.1, 0.15) is 52.6 Å². The van der Waals surface area contributed by atoms with Gasteiger partial charge in [0.2, 0.25) is 0 Å². The first-order valence-corrected chi connectivity index (χ1v) is 14.4. The van der Waals surface area contributed by atoms with Crippen LogP contribution in [0.2, 0.25) is 0 Å². The summed E-state index contributed by atoms with van der Waals surface area (Å²) in [7, 11) is 0. The average Bonchev–Trinajstić information content (AvgIpc) is 3.38. The molecule has 0 radical (unpaired) electrons. The summed E-state index contributed by atoms with van der Waals surface area (Å²) in [6.07, 6.45) is 0.811. The molecule has 2 aromatic heterocycles. The van der Waals surface area contributed by atoms with Gasteiger partial charge >= 0.3 is 0 Å². The van der Waals surface area contributed by atoms with Crippen molar-refractivity contribution in [2.75, 3.05) is 39.6 Å². The number of hydrogen-bond donors (Lipinski definition) is 0. The Balaban J connectivity index is 1.29. The molecule has 1 aromatic carbocycles. The van der Waals surface area contributed by atoms with Gasteiger partial charge in [0, 0.05) is 22.6 Å². The Kier molecular flexibility index (Phi) is 10.8. The van der Waals surface area contributed by atoms with Crippen molar-refractivity contribution in [3.05, 3.63) is 57.5 Å². The van der Waals surface area contributed by atoms with E-state index in [4.69, 9.17) is 25.9 Å². The van der Waals surface area contributed by atoms with E-state index in [0.29, 0.717) is 39.6 Å². The second-order valence-electron chi connectivity index (χ2n) is 8.46. The van der Waals surface area contributed by atoms with E-state index in [0.717, 1.165) is 58.0 Å². The molecule has 0 saturated carbocycles. The zero-order valence-corrected chi connectivity index (χ0v) is 25.2. The molecule has 0 N–H and O–H groups in total. The molecule has 0 fully saturated rings. The van der Waals surface area contributed by atoms with Gasteiger partial charge < -0.3 is 14.2 Å². The standard InChI is InChI=1S/C25H31IN4O5S2/c1-16-18(3)36-25-22(16)23(27-17(2)24-29-28-19(4)30(24)25)20-6-8-21(9-7-20)33-15-14-32-13-12-31-10-5-11-34-37-35-26/h6-9,17H,5,10-15H2,1-4H3. The first-order valence-electron chi connectivity index (χ1n) is 12.1. The van der Waals surface area contributed by atoms with Gasteiger partial charge in [-0.05, 0) is 63.9 Å². The molecule has 9 nitrogen and oxygen atoms in total. The van der Waals surface area contributed by atoms with Crippen LogP contribution in [-0.4, -0.2) is 60.1 Å². The molecule has 37 heavy (non-hydrogen) atoms. The minimum Gasteiger partial charge on any atom is -0.491 e. The third-order valence-electron chi connectivity index (χ3n) is 5.94. The molecule has 1 aliphatic rings. The Morgan fingerprint density at radius 1 is 0.973 bits per heavy atom. The van der Waals surface area contributed by atoms with E-state index >= 15 is 0 Å². The molecule has 1 aliphatic heterocycles. The molecule has 3 heterocycles. The molecule has 1 atom stereocenters. The fourth-order valence-corrected chi connectivity index (χ4v) is 5.75. The molecule has 3 aromatic rings. The number of aromatic nitrogens is 3.